The highest BCUT2D eigenvalue weighted by Gasteiger charge is 2.51. The Morgan fingerprint density at radius 3 is 2.37 bits per heavy atom. The second kappa shape index (κ2) is 7.00. The van der Waals surface area contributed by atoms with Crippen LogP contribution in [0.5, 0.6) is 0 Å². The monoisotopic (exact) mass is 358 g/mol. The summed E-state index contributed by atoms with van der Waals surface area (Å²) in [5.41, 5.74) is 2.98. The smallest absolute Gasteiger partial charge is 0.236 e. The number of hydrogen-bond donors (Lipinski definition) is 0. The minimum atomic E-state index is -0.430. The van der Waals surface area contributed by atoms with E-state index >= 15 is 0 Å². The Labute approximate surface area is 159 Å². The van der Waals surface area contributed by atoms with Crippen LogP contribution in [0.4, 0.5) is 0 Å². The van der Waals surface area contributed by atoms with Gasteiger partial charge in [-0.15, -0.1) is 0 Å². The van der Waals surface area contributed by atoms with Crippen molar-refractivity contribution in [2.75, 3.05) is 0 Å². The molecular formula is C23H22N2O2. The lowest BCUT2D eigenvalue weighted by atomic mass is 9.73. The van der Waals surface area contributed by atoms with Gasteiger partial charge in [0, 0.05) is 6.42 Å². The minimum Gasteiger partial charge on any atom is -0.278 e. The van der Waals surface area contributed by atoms with Crippen LogP contribution < -0.4 is 0 Å². The fourth-order valence-corrected chi connectivity index (χ4v) is 4.44. The maximum atomic E-state index is 12.9. The van der Waals surface area contributed by atoms with Gasteiger partial charge >= 0.3 is 0 Å². The van der Waals surface area contributed by atoms with Gasteiger partial charge in [-0.05, 0) is 35.6 Å². The predicted octanol–water partition coefficient (Wildman–Crippen LogP) is 4.43. The highest BCUT2D eigenvalue weighted by Crippen LogP contribution is 2.45. The fraction of sp³-hybridized carbons (Fsp3) is 0.348. The zero-order chi connectivity index (χ0) is 18.9. The molecule has 1 heterocycles. The molecule has 2 amide bonds. The van der Waals surface area contributed by atoms with Crippen molar-refractivity contribution in [3.05, 3.63) is 59.7 Å². The second-order valence-corrected chi connectivity index (χ2v) is 7.66. The standard InChI is InChI=1S/C23H22N2O2/c24-15-19-6-2-3-7-20(19)18-10-8-17(9-11-18)16-25-21(26)14-23(22(25)27)12-4-1-5-13-23/h2-3,6-11H,1,4-5,12-14,16H2. The summed E-state index contributed by atoms with van der Waals surface area (Å²) in [4.78, 5) is 26.9. The lowest BCUT2D eigenvalue weighted by molar-refractivity contribution is -0.142. The largest absolute Gasteiger partial charge is 0.278 e. The van der Waals surface area contributed by atoms with Gasteiger partial charge in [0.15, 0.2) is 0 Å². The number of carbonyl (C=O) groups is 2. The molecule has 0 radical (unpaired) electrons. The number of nitrogens with zero attached hydrogens (tertiary/aromatic N) is 2. The quantitative estimate of drug-likeness (QED) is 0.762. The van der Waals surface area contributed by atoms with E-state index in [1.54, 1.807) is 6.07 Å². The van der Waals surface area contributed by atoms with Crippen LogP contribution in [0.2, 0.25) is 0 Å². The summed E-state index contributed by atoms with van der Waals surface area (Å²) in [6, 6.07) is 17.5. The average Bonchev–Trinajstić information content (AvgIpc) is 2.93. The van der Waals surface area contributed by atoms with Gasteiger partial charge in [0.1, 0.15) is 0 Å². The van der Waals surface area contributed by atoms with Crippen molar-refractivity contribution < 1.29 is 9.59 Å². The third-order valence-corrected chi connectivity index (χ3v) is 5.95. The molecule has 4 heteroatoms. The number of amides is 2. The van der Waals surface area contributed by atoms with Crippen molar-refractivity contribution in [1.82, 2.24) is 4.90 Å². The van der Waals surface area contributed by atoms with Crippen molar-refractivity contribution in [2.45, 2.75) is 45.1 Å². The van der Waals surface area contributed by atoms with Crippen LogP contribution in [0, 0.1) is 16.7 Å². The van der Waals surface area contributed by atoms with E-state index in [4.69, 9.17) is 0 Å². The Hall–Kier alpha value is -2.93. The molecule has 0 atom stereocenters. The first-order valence-electron chi connectivity index (χ1n) is 9.56. The van der Waals surface area contributed by atoms with Gasteiger partial charge in [-0.2, -0.15) is 5.26 Å². The highest BCUT2D eigenvalue weighted by molar-refractivity contribution is 6.05. The SMILES string of the molecule is N#Cc1ccccc1-c1ccc(CN2C(=O)CC3(CCCCC3)C2=O)cc1. The summed E-state index contributed by atoms with van der Waals surface area (Å²) < 4.78 is 0. The van der Waals surface area contributed by atoms with Crippen LogP contribution in [0.25, 0.3) is 11.1 Å². The summed E-state index contributed by atoms with van der Waals surface area (Å²) in [5.74, 6) is -0.0214. The molecular weight excluding hydrogens is 336 g/mol. The Morgan fingerprint density at radius 2 is 1.67 bits per heavy atom. The van der Waals surface area contributed by atoms with Crippen LogP contribution >= 0.6 is 0 Å². The van der Waals surface area contributed by atoms with Crippen LogP contribution in [0.1, 0.15) is 49.7 Å². The summed E-state index contributed by atoms with van der Waals surface area (Å²) >= 11 is 0. The molecule has 1 aliphatic carbocycles. The second-order valence-electron chi connectivity index (χ2n) is 7.66. The molecule has 2 aromatic rings. The Morgan fingerprint density at radius 1 is 0.963 bits per heavy atom. The van der Waals surface area contributed by atoms with E-state index in [0.29, 0.717) is 18.5 Å². The Bertz CT molecular complexity index is 918. The van der Waals surface area contributed by atoms with Gasteiger partial charge in [0.25, 0.3) is 0 Å². The Balaban J connectivity index is 1.53. The number of carbonyl (C=O) groups excluding carboxylic acids is 2. The van der Waals surface area contributed by atoms with Crippen molar-refractivity contribution in [3.8, 4) is 17.2 Å². The van der Waals surface area contributed by atoms with E-state index in [-0.39, 0.29) is 11.8 Å². The summed E-state index contributed by atoms with van der Waals surface area (Å²) in [7, 11) is 0. The maximum absolute atomic E-state index is 12.9. The number of hydrogen-bond acceptors (Lipinski definition) is 3. The van der Waals surface area contributed by atoms with Gasteiger partial charge < -0.3 is 0 Å². The molecule has 1 aliphatic heterocycles. The molecule has 2 aliphatic rings. The fourth-order valence-electron chi connectivity index (χ4n) is 4.44. The summed E-state index contributed by atoms with van der Waals surface area (Å²) in [6.45, 7) is 0.333. The summed E-state index contributed by atoms with van der Waals surface area (Å²) in [5, 5.41) is 9.27. The molecule has 27 heavy (non-hydrogen) atoms. The molecule has 4 rings (SSSR count). The minimum absolute atomic E-state index is 0.0195. The summed E-state index contributed by atoms with van der Waals surface area (Å²) in [6.07, 6.45) is 5.31. The number of imide groups is 1. The predicted molar refractivity (Wildman–Crippen MR) is 102 cm³/mol. The Kier molecular flexibility index (Phi) is 4.53. The van der Waals surface area contributed by atoms with Gasteiger partial charge in [-0.3, -0.25) is 14.5 Å². The molecule has 0 unspecified atom stereocenters. The lowest BCUT2D eigenvalue weighted by Gasteiger charge is -2.30. The third kappa shape index (κ3) is 3.14. The molecule has 0 aromatic heterocycles. The molecule has 0 N–H and O–H groups in total. The van der Waals surface area contributed by atoms with E-state index in [2.05, 4.69) is 6.07 Å². The molecule has 1 saturated carbocycles. The van der Waals surface area contributed by atoms with Gasteiger partial charge in [-0.25, -0.2) is 0 Å². The van der Waals surface area contributed by atoms with Crippen LogP contribution in [0.3, 0.4) is 0 Å². The average molecular weight is 358 g/mol. The zero-order valence-corrected chi connectivity index (χ0v) is 15.3. The third-order valence-electron chi connectivity index (χ3n) is 5.95. The molecule has 1 saturated heterocycles. The molecule has 1 spiro atoms. The molecule has 2 fully saturated rings. The number of benzene rings is 2. The van der Waals surface area contributed by atoms with Crippen LogP contribution in [0.15, 0.2) is 48.5 Å². The van der Waals surface area contributed by atoms with Crippen molar-refractivity contribution in [3.63, 3.8) is 0 Å². The number of likely N-dealkylation sites (tertiary alicyclic amines) is 1. The van der Waals surface area contributed by atoms with E-state index < -0.39 is 5.41 Å². The normalized spacial score (nSPS) is 18.7. The topological polar surface area (TPSA) is 61.2 Å². The van der Waals surface area contributed by atoms with Crippen molar-refractivity contribution >= 4 is 11.8 Å². The van der Waals surface area contributed by atoms with Crippen molar-refractivity contribution in [2.24, 2.45) is 5.41 Å². The first-order chi connectivity index (χ1) is 13.1. The van der Waals surface area contributed by atoms with Crippen molar-refractivity contribution in [1.29, 1.82) is 5.26 Å². The van der Waals surface area contributed by atoms with E-state index in [1.807, 2.05) is 42.5 Å². The molecule has 4 nitrogen and oxygen atoms in total. The molecule has 0 bridgehead atoms. The van der Waals surface area contributed by atoms with Gasteiger partial charge in [0.05, 0.1) is 23.6 Å². The first kappa shape index (κ1) is 17.5. The molecule has 2 aromatic carbocycles. The van der Waals surface area contributed by atoms with Gasteiger partial charge in [-0.1, -0.05) is 61.7 Å². The van der Waals surface area contributed by atoms with E-state index in [9.17, 15) is 14.9 Å². The first-order valence-corrected chi connectivity index (χ1v) is 9.56. The highest BCUT2D eigenvalue weighted by atomic mass is 16.2. The number of nitriles is 1. The van der Waals surface area contributed by atoms with E-state index in [0.717, 1.165) is 48.8 Å². The van der Waals surface area contributed by atoms with Crippen LogP contribution in [-0.4, -0.2) is 16.7 Å². The lowest BCUT2D eigenvalue weighted by Crippen LogP contribution is -2.36. The maximum Gasteiger partial charge on any atom is 0.236 e. The van der Waals surface area contributed by atoms with E-state index in [1.165, 1.54) is 4.90 Å². The van der Waals surface area contributed by atoms with Gasteiger partial charge in [0.2, 0.25) is 11.8 Å². The zero-order valence-electron chi connectivity index (χ0n) is 15.3. The number of rotatable bonds is 3. The van der Waals surface area contributed by atoms with Crippen LogP contribution in [-0.2, 0) is 16.1 Å². The molecule has 136 valence electrons.